The maximum atomic E-state index is 5.39. The molecular formula is C73H45N5. The van der Waals surface area contributed by atoms with Crippen molar-refractivity contribution in [2.45, 2.75) is 0 Å². The quantitative estimate of drug-likeness (QED) is 0.163. The molecule has 0 unspecified atom stereocenters. The van der Waals surface area contributed by atoms with Crippen molar-refractivity contribution >= 4 is 109 Å². The number of fused-ring (bicyclic) bond motifs is 14. The lowest BCUT2D eigenvalue weighted by Crippen LogP contribution is -2.00. The van der Waals surface area contributed by atoms with E-state index in [1.165, 1.54) is 109 Å². The van der Waals surface area contributed by atoms with Crippen molar-refractivity contribution < 1.29 is 0 Å². The summed E-state index contributed by atoms with van der Waals surface area (Å²) in [6.07, 6.45) is 2.06. The molecule has 0 aliphatic heterocycles. The Balaban J connectivity index is 0.806. The van der Waals surface area contributed by atoms with Gasteiger partial charge in [-0.3, -0.25) is 4.57 Å². The van der Waals surface area contributed by atoms with Crippen molar-refractivity contribution in [3.8, 4) is 45.1 Å². The highest BCUT2D eigenvalue weighted by Gasteiger charge is 2.21. The summed E-state index contributed by atoms with van der Waals surface area (Å²) < 4.78 is 9.50. The van der Waals surface area contributed by atoms with E-state index in [0.29, 0.717) is 0 Å². The Hall–Kier alpha value is -10.5. The summed E-state index contributed by atoms with van der Waals surface area (Å²) in [5, 5.41) is 14.6. The largest absolute Gasteiger partial charge is 0.309 e. The summed E-state index contributed by atoms with van der Waals surface area (Å²) in [5.74, 6) is 0.870. The van der Waals surface area contributed by atoms with Gasteiger partial charge in [0.15, 0.2) is 0 Å². The third-order valence-corrected chi connectivity index (χ3v) is 16.5. The summed E-state index contributed by atoms with van der Waals surface area (Å²) in [4.78, 5) is 5.39. The van der Waals surface area contributed by atoms with Crippen LogP contribution in [0.25, 0.3) is 154 Å². The van der Waals surface area contributed by atoms with Crippen molar-refractivity contribution in [2.24, 2.45) is 0 Å². The monoisotopic (exact) mass is 991 g/mol. The van der Waals surface area contributed by atoms with Crippen LogP contribution in [0.5, 0.6) is 0 Å². The smallest absolute Gasteiger partial charge is 0.137 e. The van der Waals surface area contributed by atoms with Gasteiger partial charge in [0.1, 0.15) is 5.82 Å². The van der Waals surface area contributed by atoms with E-state index in [9.17, 15) is 0 Å². The predicted molar refractivity (Wildman–Crippen MR) is 327 cm³/mol. The Labute approximate surface area is 447 Å². The number of hydrogen-bond donors (Lipinski definition) is 0. The van der Waals surface area contributed by atoms with Gasteiger partial charge < -0.3 is 13.7 Å². The first-order valence-electron chi connectivity index (χ1n) is 26.8. The van der Waals surface area contributed by atoms with Crippen LogP contribution in [-0.2, 0) is 0 Å². The second-order valence-corrected chi connectivity index (χ2v) is 20.8. The molecule has 17 rings (SSSR count). The molecule has 5 heterocycles. The van der Waals surface area contributed by atoms with E-state index in [1.54, 1.807) is 0 Å². The van der Waals surface area contributed by atoms with Gasteiger partial charge in [0.2, 0.25) is 0 Å². The molecule has 0 aliphatic carbocycles. The fourth-order valence-corrected chi connectivity index (χ4v) is 13.0. The molecule has 0 radical (unpaired) electrons. The molecule has 0 atom stereocenters. The molecule has 12 aromatic carbocycles. The number of nitrogens with zero attached hydrogens (tertiary/aromatic N) is 5. The fourth-order valence-electron chi connectivity index (χ4n) is 13.0. The molecule has 0 bridgehead atoms. The topological polar surface area (TPSA) is 32.6 Å². The van der Waals surface area contributed by atoms with Crippen LogP contribution in [0.3, 0.4) is 0 Å². The summed E-state index contributed by atoms with van der Waals surface area (Å²) in [5.41, 5.74) is 17.4. The van der Waals surface area contributed by atoms with Crippen molar-refractivity contribution in [2.75, 3.05) is 0 Å². The van der Waals surface area contributed by atoms with Crippen LogP contribution in [0.15, 0.2) is 273 Å². The van der Waals surface area contributed by atoms with E-state index < -0.39 is 0 Å². The van der Waals surface area contributed by atoms with E-state index in [1.807, 2.05) is 0 Å². The van der Waals surface area contributed by atoms with Gasteiger partial charge in [-0.05, 0) is 165 Å². The molecule has 362 valence electrons. The van der Waals surface area contributed by atoms with E-state index >= 15 is 0 Å². The molecular weight excluding hydrogens is 947 g/mol. The standard InChI is InChI=1S/C73H45N5/c1-3-19-54(20-4-1)75-65-25-13-11-23-57(65)59-39-50(27-32-67(59)75)52-29-34-69-61(41-52)63-37-46-15-7-9-17-48(46)43-71(63)77(69)56-31-36-73(74-45-56)78-70-35-30-53(42-62(70)64-38-47-16-8-10-18-49(47)44-72(64)78)51-28-33-68-60(40-51)58-24-12-14-26-66(58)76(68)55-21-5-2-6-22-55/h1-45H. The van der Waals surface area contributed by atoms with E-state index in [2.05, 4.69) is 291 Å². The Morgan fingerprint density at radius 3 is 0.974 bits per heavy atom. The van der Waals surface area contributed by atoms with Crippen molar-refractivity contribution in [1.29, 1.82) is 0 Å². The Bertz CT molecular complexity index is 4970. The maximum absolute atomic E-state index is 5.39. The first-order valence-corrected chi connectivity index (χ1v) is 26.8. The second kappa shape index (κ2) is 16.5. The van der Waals surface area contributed by atoms with E-state index in [0.717, 1.165) is 44.9 Å². The van der Waals surface area contributed by atoms with Gasteiger partial charge in [-0.2, -0.15) is 0 Å². The van der Waals surface area contributed by atoms with Crippen LogP contribution in [-0.4, -0.2) is 23.3 Å². The highest BCUT2D eigenvalue weighted by molar-refractivity contribution is 6.17. The molecule has 0 spiro atoms. The van der Waals surface area contributed by atoms with Gasteiger partial charge in [0, 0.05) is 54.5 Å². The van der Waals surface area contributed by atoms with Crippen LogP contribution in [0, 0.1) is 0 Å². The molecule has 0 amide bonds. The number of benzene rings is 12. The van der Waals surface area contributed by atoms with E-state index in [-0.39, 0.29) is 0 Å². The van der Waals surface area contributed by atoms with Crippen LogP contribution in [0.4, 0.5) is 0 Å². The predicted octanol–water partition coefficient (Wildman–Crippen LogP) is 19.1. The number of pyridine rings is 1. The highest BCUT2D eigenvalue weighted by Crippen LogP contribution is 2.42. The fraction of sp³-hybridized carbons (Fsp3) is 0. The van der Waals surface area contributed by atoms with Gasteiger partial charge in [-0.25, -0.2) is 4.98 Å². The lowest BCUT2D eigenvalue weighted by molar-refractivity contribution is 1.05. The molecule has 0 saturated heterocycles. The van der Waals surface area contributed by atoms with Gasteiger partial charge in [0.05, 0.1) is 56.0 Å². The molecule has 17 aromatic rings. The molecule has 0 saturated carbocycles. The first-order chi connectivity index (χ1) is 38.7. The zero-order valence-corrected chi connectivity index (χ0v) is 42.2. The molecule has 0 aliphatic rings. The molecule has 78 heavy (non-hydrogen) atoms. The normalized spacial score (nSPS) is 12.1. The summed E-state index contributed by atoms with van der Waals surface area (Å²) in [6.45, 7) is 0. The van der Waals surface area contributed by atoms with Gasteiger partial charge in [-0.15, -0.1) is 0 Å². The first kappa shape index (κ1) is 42.8. The zero-order chi connectivity index (χ0) is 51.0. The minimum atomic E-state index is 0.870. The van der Waals surface area contributed by atoms with Crippen molar-refractivity contribution in [3.05, 3.63) is 273 Å². The number of rotatable bonds is 6. The lowest BCUT2D eigenvalue weighted by atomic mass is 10.00. The summed E-state index contributed by atoms with van der Waals surface area (Å²) in [7, 11) is 0. The Morgan fingerprint density at radius 2 is 0.538 bits per heavy atom. The van der Waals surface area contributed by atoms with Gasteiger partial charge in [0.25, 0.3) is 0 Å². The Kier molecular flexibility index (Phi) is 9.06. The molecule has 5 nitrogen and oxygen atoms in total. The molecule has 0 fully saturated rings. The van der Waals surface area contributed by atoms with Crippen LogP contribution in [0.1, 0.15) is 0 Å². The lowest BCUT2D eigenvalue weighted by Gasteiger charge is -2.12. The third-order valence-electron chi connectivity index (χ3n) is 16.5. The van der Waals surface area contributed by atoms with Crippen molar-refractivity contribution in [3.63, 3.8) is 0 Å². The van der Waals surface area contributed by atoms with Crippen LogP contribution < -0.4 is 0 Å². The van der Waals surface area contributed by atoms with Crippen LogP contribution >= 0.6 is 0 Å². The van der Waals surface area contributed by atoms with Gasteiger partial charge in [-0.1, -0.05) is 146 Å². The zero-order valence-electron chi connectivity index (χ0n) is 42.2. The summed E-state index contributed by atoms with van der Waals surface area (Å²) in [6, 6.07) is 97.9. The minimum absolute atomic E-state index is 0.870. The average molecular weight is 992 g/mol. The maximum Gasteiger partial charge on any atom is 0.137 e. The number of aromatic nitrogens is 5. The molecule has 0 N–H and O–H groups in total. The summed E-state index contributed by atoms with van der Waals surface area (Å²) >= 11 is 0. The number of hydrogen-bond acceptors (Lipinski definition) is 1. The third kappa shape index (κ3) is 6.33. The average Bonchev–Trinajstić information content (AvgIpc) is 4.34. The van der Waals surface area contributed by atoms with Crippen molar-refractivity contribution in [1.82, 2.24) is 23.3 Å². The minimum Gasteiger partial charge on any atom is -0.309 e. The molecule has 5 aromatic heterocycles. The van der Waals surface area contributed by atoms with Gasteiger partial charge >= 0.3 is 0 Å². The van der Waals surface area contributed by atoms with Crippen LogP contribution in [0.2, 0.25) is 0 Å². The molecule has 5 heteroatoms. The highest BCUT2D eigenvalue weighted by atomic mass is 15.1. The second-order valence-electron chi connectivity index (χ2n) is 20.8. The SMILES string of the molecule is c1ccc(-n2c3ccccc3c3cc(-c4ccc5c(c4)c4cc6ccccc6cc4n5-c4ccc(-n5c6ccc(-c7ccc8c(c7)c7ccccc7n8-c7ccccc7)cc6c6cc7ccccc7cc65)nc4)ccc32)cc1. The number of para-hydroxylation sites is 4. The van der Waals surface area contributed by atoms with E-state index in [4.69, 9.17) is 4.98 Å². The Morgan fingerprint density at radius 1 is 0.205 bits per heavy atom.